The highest BCUT2D eigenvalue weighted by atomic mass is 35.5. The number of hydrogen-bond acceptors (Lipinski definition) is 5. The zero-order chi connectivity index (χ0) is 19.9. The molecule has 0 saturated carbocycles. The van der Waals surface area contributed by atoms with E-state index in [1.807, 2.05) is 36.1 Å². The van der Waals surface area contributed by atoms with Gasteiger partial charge in [-0.2, -0.15) is 18.3 Å². The molecule has 1 aliphatic heterocycles. The van der Waals surface area contributed by atoms with Crippen molar-refractivity contribution in [3.8, 4) is 0 Å². The van der Waals surface area contributed by atoms with Gasteiger partial charge in [0.15, 0.2) is 5.82 Å². The molecule has 1 aromatic carbocycles. The molecule has 146 valence electrons. The van der Waals surface area contributed by atoms with Crippen LogP contribution in [0, 0.1) is 6.92 Å². The maximum atomic E-state index is 12.8. The van der Waals surface area contributed by atoms with Crippen LogP contribution in [0.25, 0.3) is 10.8 Å². The first-order valence-corrected chi connectivity index (χ1v) is 9.17. The van der Waals surface area contributed by atoms with Crippen LogP contribution >= 0.6 is 11.6 Å². The standard InChI is InChI=1S/C19H17ClF3N5/c1-12-14-4-2-3-5-15(14)17(26-25-12)27-6-8-28(9-7-27)18-16(20)10-13(11-24-18)19(21,22)23/h2-5,10-11H,6-9H2,1H3. The monoisotopic (exact) mass is 407 g/mol. The van der Waals surface area contributed by atoms with E-state index >= 15 is 0 Å². The summed E-state index contributed by atoms with van der Waals surface area (Å²) in [6.45, 7) is 4.35. The molecular formula is C19H17ClF3N5. The summed E-state index contributed by atoms with van der Waals surface area (Å²) in [5, 5.41) is 10.7. The molecule has 9 heteroatoms. The number of nitrogens with zero attached hydrogens (tertiary/aromatic N) is 5. The van der Waals surface area contributed by atoms with E-state index in [4.69, 9.17) is 11.6 Å². The Bertz CT molecular complexity index is 1020. The van der Waals surface area contributed by atoms with E-state index in [0.29, 0.717) is 32.0 Å². The molecule has 0 unspecified atom stereocenters. The number of rotatable bonds is 2. The molecule has 0 amide bonds. The van der Waals surface area contributed by atoms with Gasteiger partial charge < -0.3 is 9.80 Å². The van der Waals surface area contributed by atoms with Crippen LogP contribution in [0.5, 0.6) is 0 Å². The highest BCUT2D eigenvalue weighted by Gasteiger charge is 2.32. The molecule has 5 nitrogen and oxygen atoms in total. The average Bonchev–Trinajstić information content (AvgIpc) is 2.68. The Morgan fingerprint density at radius 3 is 2.14 bits per heavy atom. The summed E-state index contributed by atoms with van der Waals surface area (Å²) in [7, 11) is 0. The predicted octanol–water partition coefficient (Wildman–Crippen LogP) is 4.33. The van der Waals surface area contributed by atoms with Gasteiger partial charge in [-0.05, 0) is 13.0 Å². The summed E-state index contributed by atoms with van der Waals surface area (Å²) < 4.78 is 38.4. The van der Waals surface area contributed by atoms with Crippen molar-refractivity contribution in [2.24, 2.45) is 0 Å². The lowest BCUT2D eigenvalue weighted by atomic mass is 10.1. The van der Waals surface area contributed by atoms with Gasteiger partial charge in [-0.3, -0.25) is 0 Å². The molecule has 1 aliphatic rings. The maximum Gasteiger partial charge on any atom is 0.417 e. The molecule has 0 radical (unpaired) electrons. The SMILES string of the molecule is Cc1nnc(N2CCN(c3ncc(C(F)(F)F)cc3Cl)CC2)c2ccccc12. The van der Waals surface area contributed by atoms with Gasteiger partial charge in [-0.25, -0.2) is 4.98 Å². The molecule has 28 heavy (non-hydrogen) atoms. The summed E-state index contributed by atoms with van der Waals surface area (Å²) >= 11 is 6.08. The Morgan fingerprint density at radius 2 is 1.54 bits per heavy atom. The number of aryl methyl sites for hydroxylation is 1. The van der Waals surface area contributed by atoms with E-state index in [9.17, 15) is 13.2 Å². The number of aromatic nitrogens is 3. The lowest BCUT2D eigenvalue weighted by molar-refractivity contribution is -0.137. The highest BCUT2D eigenvalue weighted by molar-refractivity contribution is 6.33. The van der Waals surface area contributed by atoms with Crippen LogP contribution in [-0.4, -0.2) is 41.4 Å². The largest absolute Gasteiger partial charge is 0.417 e. The maximum absolute atomic E-state index is 12.8. The summed E-state index contributed by atoms with van der Waals surface area (Å²) in [6.07, 6.45) is -3.63. The van der Waals surface area contributed by atoms with Crippen molar-refractivity contribution in [3.63, 3.8) is 0 Å². The number of anilines is 2. The van der Waals surface area contributed by atoms with E-state index in [2.05, 4.69) is 20.1 Å². The summed E-state index contributed by atoms with van der Waals surface area (Å²) in [6, 6.07) is 8.90. The number of fused-ring (bicyclic) bond motifs is 1. The van der Waals surface area contributed by atoms with Crippen molar-refractivity contribution in [1.82, 2.24) is 15.2 Å². The summed E-state index contributed by atoms with van der Waals surface area (Å²) in [5.41, 5.74) is 0.0278. The molecule has 3 aromatic rings. The third-order valence-electron chi connectivity index (χ3n) is 4.88. The Hall–Kier alpha value is -2.61. The van der Waals surface area contributed by atoms with Crippen LogP contribution in [0.2, 0.25) is 5.02 Å². The Labute approximate surface area is 164 Å². The number of halogens is 4. The summed E-state index contributed by atoms with van der Waals surface area (Å²) in [4.78, 5) is 7.98. The van der Waals surface area contributed by atoms with E-state index in [-0.39, 0.29) is 5.02 Å². The van der Waals surface area contributed by atoms with Crippen molar-refractivity contribution >= 4 is 34.0 Å². The number of hydrogen-bond donors (Lipinski definition) is 0. The van der Waals surface area contributed by atoms with Crippen molar-refractivity contribution in [2.75, 3.05) is 36.0 Å². The second-order valence-electron chi connectivity index (χ2n) is 6.66. The van der Waals surface area contributed by atoms with Gasteiger partial charge in [0.1, 0.15) is 5.82 Å². The molecule has 3 heterocycles. The zero-order valence-electron chi connectivity index (χ0n) is 15.0. The third kappa shape index (κ3) is 3.44. The minimum absolute atomic E-state index is 0.00357. The fraction of sp³-hybridized carbons (Fsp3) is 0.316. The Balaban J connectivity index is 1.54. The van der Waals surface area contributed by atoms with Crippen LogP contribution < -0.4 is 9.80 Å². The fourth-order valence-electron chi connectivity index (χ4n) is 3.41. The number of piperazine rings is 1. The quantitative estimate of drug-likeness (QED) is 0.632. The number of alkyl halides is 3. The smallest absolute Gasteiger partial charge is 0.352 e. The van der Waals surface area contributed by atoms with E-state index < -0.39 is 11.7 Å². The molecule has 0 spiro atoms. The molecule has 0 atom stereocenters. The lowest BCUT2D eigenvalue weighted by Crippen LogP contribution is -2.47. The van der Waals surface area contributed by atoms with Gasteiger partial charge in [0.25, 0.3) is 0 Å². The van der Waals surface area contributed by atoms with Crippen LogP contribution in [0.1, 0.15) is 11.3 Å². The minimum Gasteiger partial charge on any atom is -0.352 e. The first-order chi connectivity index (χ1) is 13.3. The second kappa shape index (κ2) is 7.09. The molecule has 1 fully saturated rings. The Kier molecular flexibility index (Phi) is 4.74. The second-order valence-corrected chi connectivity index (χ2v) is 7.06. The normalized spacial score (nSPS) is 15.3. The fourth-order valence-corrected chi connectivity index (χ4v) is 3.69. The number of benzene rings is 1. The first-order valence-electron chi connectivity index (χ1n) is 8.79. The molecule has 0 aliphatic carbocycles. The predicted molar refractivity (Wildman–Crippen MR) is 103 cm³/mol. The third-order valence-corrected chi connectivity index (χ3v) is 5.16. The van der Waals surface area contributed by atoms with Gasteiger partial charge in [-0.15, -0.1) is 5.10 Å². The topological polar surface area (TPSA) is 45.2 Å². The van der Waals surface area contributed by atoms with Gasteiger partial charge in [0.2, 0.25) is 0 Å². The highest BCUT2D eigenvalue weighted by Crippen LogP contribution is 2.34. The van der Waals surface area contributed by atoms with Gasteiger partial charge in [0.05, 0.1) is 16.3 Å². The molecule has 1 saturated heterocycles. The van der Waals surface area contributed by atoms with Crippen LogP contribution in [0.3, 0.4) is 0 Å². The van der Waals surface area contributed by atoms with E-state index in [1.54, 1.807) is 0 Å². The van der Waals surface area contributed by atoms with Gasteiger partial charge in [-0.1, -0.05) is 35.9 Å². The van der Waals surface area contributed by atoms with Crippen LogP contribution in [0.4, 0.5) is 24.8 Å². The van der Waals surface area contributed by atoms with E-state index in [0.717, 1.165) is 34.5 Å². The Morgan fingerprint density at radius 1 is 0.929 bits per heavy atom. The van der Waals surface area contributed by atoms with Crippen molar-refractivity contribution < 1.29 is 13.2 Å². The van der Waals surface area contributed by atoms with Gasteiger partial charge in [0, 0.05) is 43.1 Å². The van der Waals surface area contributed by atoms with Crippen molar-refractivity contribution in [1.29, 1.82) is 0 Å². The minimum atomic E-state index is -4.46. The van der Waals surface area contributed by atoms with E-state index in [1.165, 1.54) is 0 Å². The van der Waals surface area contributed by atoms with Crippen LogP contribution in [-0.2, 0) is 6.18 Å². The molecule has 2 aromatic heterocycles. The molecule has 0 bridgehead atoms. The first kappa shape index (κ1) is 18.7. The van der Waals surface area contributed by atoms with Crippen molar-refractivity contribution in [2.45, 2.75) is 13.1 Å². The molecular weight excluding hydrogens is 391 g/mol. The lowest BCUT2D eigenvalue weighted by Gasteiger charge is -2.36. The van der Waals surface area contributed by atoms with Crippen LogP contribution in [0.15, 0.2) is 36.5 Å². The van der Waals surface area contributed by atoms with Gasteiger partial charge >= 0.3 is 6.18 Å². The summed E-state index contributed by atoms with van der Waals surface area (Å²) in [5.74, 6) is 1.18. The number of pyridine rings is 1. The molecule has 0 N–H and O–H groups in total. The van der Waals surface area contributed by atoms with Crippen molar-refractivity contribution in [3.05, 3.63) is 52.8 Å². The zero-order valence-corrected chi connectivity index (χ0v) is 15.8. The average molecular weight is 408 g/mol. The molecule has 4 rings (SSSR count).